The standard InChI is InChI=1S/C19H19N3O5/c1-11-10-15(12(2)27-11)17(24)21-20-16(23)8-5-9-22-18(25)13-6-3-4-7-14(13)19(22)26/h3-4,6-7,10H,5,8-9H2,1-2H3,(H,20,23)(H,21,24). The Balaban J connectivity index is 1.45. The number of hydrazine groups is 1. The fourth-order valence-electron chi connectivity index (χ4n) is 2.95. The van der Waals surface area contributed by atoms with Crippen LogP contribution in [0.1, 0.15) is 55.4 Å². The van der Waals surface area contributed by atoms with Crippen molar-refractivity contribution >= 4 is 23.6 Å². The lowest BCUT2D eigenvalue weighted by atomic mass is 10.1. The van der Waals surface area contributed by atoms with Crippen molar-refractivity contribution in [2.75, 3.05) is 6.54 Å². The summed E-state index contributed by atoms with van der Waals surface area (Å²) in [7, 11) is 0. The lowest BCUT2D eigenvalue weighted by Crippen LogP contribution is -2.42. The summed E-state index contributed by atoms with van der Waals surface area (Å²) in [6, 6.07) is 8.20. The van der Waals surface area contributed by atoms with Gasteiger partial charge in [-0.3, -0.25) is 34.9 Å². The van der Waals surface area contributed by atoms with Gasteiger partial charge in [0.1, 0.15) is 11.5 Å². The zero-order chi connectivity index (χ0) is 19.6. The highest BCUT2D eigenvalue weighted by Gasteiger charge is 2.34. The monoisotopic (exact) mass is 369 g/mol. The van der Waals surface area contributed by atoms with Crippen molar-refractivity contribution in [2.45, 2.75) is 26.7 Å². The number of carbonyl (C=O) groups is 4. The number of aryl methyl sites for hydroxylation is 2. The van der Waals surface area contributed by atoms with Crippen LogP contribution < -0.4 is 10.9 Å². The number of benzene rings is 1. The van der Waals surface area contributed by atoms with Gasteiger partial charge in [0, 0.05) is 13.0 Å². The number of carbonyl (C=O) groups excluding carboxylic acids is 4. The Morgan fingerprint density at radius 1 is 1.04 bits per heavy atom. The molecule has 1 aliphatic rings. The highest BCUT2D eigenvalue weighted by atomic mass is 16.3. The molecule has 140 valence electrons. The maximum atomic E-state index is 12.2. The van der Waals surface area contributed by atoms with Crippen LogP contribution in [0.2, 0.25) is 0 Å². The second-order valence-electron chi connectivity index (χ2n) is 6.24. The molecular formula is C19H19N3O5. The first-order chi connectivity index (χ1) is 12.9. The molecule has 4 amide bonds. The Morgan fingerprint density at radius 3 is 2.22 bits per heavy atom. The van der Waals surface area contributed by atoms with E-state index in [1.807, 2.05) is 0 Å². The van der Waals surface area contributed by atoms with E-state index < -0.39 is 11.8 Å². The average molecular weight is 369 g/mol. The zero-order valence-electron chi connectivity index (χ0n) is 15.0. The third-order valence-corrected chi connectivity index (χ3v) is 4.26. The van der Waals surface area contributed by atoms with Gasteiger partial charge in [-0.25, -0.2) is 0 Å². The van der Waals surface area contributed by atoms with E-state index in [-0.39, 0.29) is 31.2 Å². The molecule has 0 saturated heterocycles. The quantitative estimate of drug-likeness (QED) is 0.616. The van der Waals surface area contributed by atoms with Crippen molar-refractivity contribution in [3.05, 3.63) is 58.5 Å². The first kappa shape index (κ1) is 18.4. The predicted molar refractivity (Wildman–Crippen MR) is 94.8 cm³/mol. The van der Waals surface area contributed by atoms with Crippen LogP contribution in [0.5, 0.6) is 0 Å². The number of imide groups is 1. The fraction of sp³-hybridized carbons (Fsp3) is 0.263. The van der Waals surface area contributed by atoms with E-state index in [9.17, 15) is 19.2 Å². The minimum absolute atomic E-state index is 0.0527. The summed E-state index contributed by atoms with van der Waals surface area (Å²) in [6.07, 6.45) is 0.341. The van der Waals surface area contributed by atoms with E-state index >= 15 is 0 Å². The number of furan rings is 1. The molecule has 2 N–H and O–H groups in total. The van der Waals surface area contributed by atoms with Gasteiger partial charge in [-0.1, -0.05) is 12.1 Å². The number of fused-ring (bicyclic) bond motifs is 1. The number of hydrogen-bond donors (Lipinski definition) is 2. The Labute approximate surface area is 155 Å². The van der Waals surface area contributed by atoms with Crippen molar-refractivity contribution in [3.8, 4) is 0 Å². The summed E-state index contributed by atoms with van der Waals surface area (Å²) in [5.74, 6) is -0.532. The Morgan fingerprint density at radius 2 is 1.67 bits per heavy atom. The second-order valence-corrected chi connectivity index (χ2v) is 6.24. The van der Waals surface area contributed by atoms with Crippen molar-refractivity contribution in [1.29, 1.82) is 0 Å². The van der Waals surface area contributed by atoms with Crippen LogP contribution >= 0.6 is 0 Å². The molecule has 2 heterocycles. The summed E-state index contributed by atoms with van der Waals surface area (Å²) in [6.45, 7) is 3.52. The van der Waals surface area contributed by atoms with Gasteiger partial charge < -0.3 is 4.42 Å². The van der Waals surface area contributed by atoms with Gasteiger partial charge in [-0.2, -0.15) is 0 Å². The maximum absolute atomic E-state index is 12.2. The highest BCUT2D eigenvalue weighted by molar-refractivity contribution is 6.21. The number of rotatable bonds is 5. The van der Waals surface area contributed by atoms with Gasteiger partial charge in [-0.15, -0.1) is 0 Å². The third kappa shape index (κ3) is 3.74. The number of amides is 4. The maximum Gasteiger partial charge on any atom is 0.273 e. The van der Waals surface area contributed by atoms with Crippen molar-refractivity contribution in [2.24, 2.45) is 0 Å². The van der Waals surface area contributed by atoms with Crippen LogP contribution in [-0.4, -0.2) is 35.1 Å². The van der Waals surface area contributed by atoms with Crippen molar-refractivity contribution in [1.82, 2.24) is 15.8 Å². The summed E-state index contributed by atoms with van der Waals surface area (Å²) >= 11 is 0. The number of nitrogens with zero attached hydrogens (tertiary/aromatic N) is 1. The van der Waals surface area contributed by atoms with Crippen LogP contribution in [-0.2, 0) is 4.79 Å². The lowest BCUT2D eigenvalue weighted by molar-refractivity contribution is -0.122. The number of hydrogen-bond acceptors (Lipinski definition) is 5. The van der Waals surface area contributed by atoms with Gasteiger partial charge in [0.25, 0.3) is 17.7 Å². The summed E-state index contributed by atoms with van der Waals surface area (Å²) in [4.78, 5) is 49.5. The van der Waals surface area contributed by atoms with Crippen LogP contribution in [0.3, 0.4) is 0 Å². The molecular weight excluding hydrogens is 350 g/mol. The normalized spacial score (nSPS) is 12.9. The molecule has 0 bridgehead atoms. The minimum Gasteiger partial charge on any atom is -0.466 e. The van der Waals surface area contributed by atoms with Crippen LogP contribution in [0.25, 0.3) is 0 Å². The van der Waals surface area contributed by atoms with Gasteiger partial charge in [0.15, 0.2) is 0 Å². The van der Waals surface area contributed by atoms with E-state index in [0.29, 0.717) is 28.2 Å². The number of nitrogens with one attached hydrogen (secondary N) is 2. The summed E-state index contributed by atoms with van der Waals surface area (Å²) < 4.78 is 5.27. The Kier molecular flexibility index (Phi) is 5.07. The van der Waals surface area contributed by atoms with Gasteiger partial charge in [0.05, 0.1) is 16.7 Å². The van der Waals surface area contributed by atoms with Gasteiger partial charge in [-0.05, 0) is 38.5 Å². The van der Waals surface area contributed by atoms with E-state index in [4.69, 9.17) is 4.42 Å². The van der Waals surface area contributed by atoms with E-state index in [0.717, 1.165) is 4.90 Å². The summed E-state index contributed by atoms with van der Waals surface area (Å²) in [5, 5.41) is 0. The Hall–Kier alpha value is -3.42. The molecule has 8 nitrogen and oxygen atoms in total. The molecule has 1 aliphatic heterocycles. The largest absolute Gasteiger partial charge is 0.466 e. The van der Waals surface area contributed by atoms with Crippen molar-refractivity contribution < 1.29 is 23.6 Å². The second kappa shape index (κ2) is 7.45. The van der Waals surface area contributed by atoms with Gasteiger partial charge >= 0.3 is 0 Å². The molecule has 0 spiro atoms. The van der Waals surface area contributed by atoms with Crippen LogP contribution in [0.15, 0.2) is 34.7 Å². The molecule has 1 aromatic heterocycles. The molecule has 27 heavy (non-hydrogen) atoms. The molecule has 0 radical (unpaired) electrons. The van der Waals surface area contributed by atoms with E-state index in [1.165, 1.54) is 0 Å². The molecule has 2 aromatic rings. The first-order valence-electron chi connectivity index (χ1n) is 8.50. The van der Waals surface area contributed by atoms with Gasteiger partial charge in [0.2, 0.25) is 5.91 Å². The average Bonchev–Trinajstić information content (AvgIpc) is 3.11. The fourth-order valence-corrected chi connectivity index (χ4v) is 2.95. The predicted octanol–water partition coefficient (Wildman–Crippen LogP) is 1.73. The molecule has 1 aromatic carbocycles. The first-order valence-corrected chi connectivity index (χ1v) is 8.50. The van der Waals surface area contributed by atoms with E-state index in [2.05, 4.69) is 10.9 Å². The van der Waals surface area contributed by atoms with E-state index in [1.54, 1.807) is 44.2 Å². The van der Waals surface area contributed by atoms with Crippen LogP contribution in [0.4, 0.5) is 0 Å². The molecule has 0 saturated carbocycles. The molecule has 0 unspecified atom stereocenters. The zero-order valence-corrected chi connectivity index (χ0v) is 15.0. The molecule has 8 heteroatoms. The highest BCUT2D eigenvalue weighted by Crippen LogP contribution is 2.22. The topological polar surface area (TPSA) is 109 Å². The minimum atomic E-state index is -0.474. The summed E-state index contributed by atoms with van der Waals surface area (Å²) in [5.41, 5.74) is 5.74. The molecule has 0 fully saturated rings. The smallest absolute Gasteiger partial charge is 0.273 e. The lowest BCUT2D eigenvalue weighted by Gasteiger charge is -2.13. The third-order valence-electron chi connectivity index (χ3n) is 4.26. The van der Waals surface area contributed by atoms with Crippen molar-refractivity contribution in [3.63, 3.8) is 0 Å². The molecule has 0 aliphatic carbocycles. The molecule has 0 atom stereocenters. The molecule has 3 rings (SSSR count). The van der Waals surface area contributed by atoms with Crippen LogP contribution in [0, 0.1) is 13.8 Å². The SMILES string of the molecule is Cc1cc(C(=O)NNC(=O)CCCN2C(=O)c3ccccc3C2=O)c(C)o1. The Bertz CT molecular complexity index is 896.